The number of fused-ring (bicyclic) bond motifs is 1. The molecular formula is C18H14N6O5S2. The molecule has 0 amide bonds. The normalized spacial score (nSPS) is 11.6. The molecule has 3 N–H and O–H groups in total. The van der Waals surface area contributed by atoms with E-state index in [0.29, 0.717) is 22.2 Å². The smallest absolute Gasteiger partial charge is 0.269 e. The first kappa shape index (κ1) is 20.7. The summed E-state index contributed by atoms with van der Waals surface area (Å²) >= 11 is 1.26. The van der Waals surface area contributed by atoms with Crippen molar-refractivity contribution in [2.75, 3.05) is 0 Å². The molecule has 4 aromatic rings. The maximum absolute atomic E-state index is 12.4. The summed E-state index contributed by atoms with van der Waals surface area (Å²) in [6, 6.07) is 11.8. The molecule has 0 spiro atoms. The molecule has 0 saturated heterocycles. The summed E-state index contributed by atoms with van der Waals surface area (Å²) in [5, 5.41) is 20.7. The fraction of sp³-hybridized carbons (Fsp3) is 0.0556. The quantitative estimate of drug-likeness (QED) is 0.191. The zero-order valence-electron chi connectivity index (χ0n) is 15.6. The van der Waals surface area contributed by atoms with Gasteiger partial charge in [-0.3, -0.25) is 14.9 Å². The van der Waals surface area contributed by atoms with Crippen molar-refractivity contribution >= 4 is 38.5 Å². The Bertz CT molecular complexity index is 1440. The van der Waals surface area contributed by atoms with E-state index in [2.05, 4.69) is 15.1 Å². The predicted octanol–water partition coefficient (Wildman–Crippen LogP) is 1.96. The molecule has 2 aromatic heterocycles. The van der Waals surface area contributed by atoms with Crippen LogP contribution in [0.4, 0.5) is 5.69 Å². The van der Waals surface area contributed by atoms with E-state index in [1.165, 1.54) is 59.0 Å². The molecule has 0 saturated carbocycles. The molecule has 0 atom stereocenters. The lowest BCUT2D eigenvalue weighted by Gasteiger charge is -2.06. The van der Waals surface area contributed by atoms with E-state index in [4.69, 9.17) is 5.14 Å². The van der Waals surface area contributed by atoms with E-state index in [0.717, 1.165) is 5.56 Å². The van der Waals surface area contributed by atoms with Crippen LogP contribution >= 0.6 is 11.8 Å². The molecule has 11 nitrogen and oxygen atoms in total. The first-order valence-corrected chi connectivity index (χ1v) is 11.2. The monoisotopic (exact) mass is 458 g/mol. The third kappa shape index (κ3) is 4.33. The molecule has 0 aliphatic carbocycles. The number of H-pyrrole nitrogens is 1. The van der Waals surface area contributed by atoms with Crippen LogP contribution in [0.25, 0.3) is 16.7 Å². The molecular weight excluding hydrogens is 444 g/mol. The lowest BCUT2D eigenvalue weighted by Crippen LogP contribution is -2.12. The molecule has 158 valence electrons. The fourth-order valence-electron chi connectivity index (χ4n) is 2.80. The van der Waals surface area contributed by atoms with E-state index < -0.39 is 14.9 Å². The van der Waals surface area contributed by atoms with Crippen LogP contribution in [0.3, 0.4) is 0 Å². The maximum Gasteiger partial charge on any atom is 0.269 e. The number of nitrogens with zero attached hydrogens (tertiary/aromatic N) is 4. The van der Waals surface area contributed by atoms with Gasteiger partial charge in [0, 0.05) is 17.9 Å². The third-order valence-corrected chi connectivity index (χ3v) is 6.22. The van der Waals surface area contributed by atoms with Crippen molar-refractivity contribution in [1.82, 2.24) is 19.7 Å². The molecule has 0 aliphatic heterocycles. The van der Waals surface area contributed by atoms with Crippen LogP contribution in [-0.4, -0.2) is 33.1 Å². The highest BCUT2D eigenvalue weighted by molar-refractivity contribution is 7.98. The van der Waals surface area contributed by atoms with Crippen LogP contribution in [0.15, 0.2) is 69.6 Å². The van der Waals surface area contributed by atoms with Crippen molar-refractivity contribution in [2.24, 2.45) is 5.14 Å². The number of rotatable bonds is 6. The Balaban J connectivity index is 1.63. The van der Waals surface area contributed by atoms with Gasteiger partial charge in [-0.2, -0.15) is 5.10 Å². The predicted molar refractivity (Wildman–Crippen MR) is 114 cm³/mol. The SMILES string of the molecule is NS(=O)(=O)c1ccc(-n2ncc3c(=O)[nH]c(SCc4ccc([N+](=O)[O-])cc4)nc32)cc1. The Morgan fingerprint density at radius 3 is 2.42 bits per heavy atom. The van der Waals surface area contributed by atoms with Gasteiger partial charge in [0.1, 0.15) is 5.39 Å². The van der Waals surface area contributed by atoms with Gasteiger partial charge in [-0.15, -0.1) is 0 Å². The number of non-ortho nitro benzene ring substituents is 1. The summed E-state index contributed by atoms with van der Waals surface area (Å²) in [5.74, 6) is 0.434. The minimum atomic E-state index is -3.83. The van der Waals surface area contributed by atoms with Crippen molar-refractivity contribution in [3.8, 4) is 5.69 Å². The topological polar surface area (TPSA) is 167 Å². The van der Waals surface area contributed by atoms with Crippen LogP contribution in [0.5, 0.6) is 0 Å². The van der Waals surface area contributed by atoms with Crippen molar-refractivity contribution in [3.05, 3.63) is 80.8 Å². The van der Waals surface area contributed by atoms with Crippen LogP contribution in [0.1, 0.15) is 5.56 Å². The molecule has 0 unspecified atom stereocenters. The molecule has 0 aliphatic rings. The molecule has 0 radical (unpaired) electrons. The van der Waals surface area contributed by atoms with Crippen molar-refractivity contribution in [1.29, 1.82) is 0 Å². The van der Waals surface area contributed by atoms with Crippen molar-refractivity contribution in [2.45, 2.75) is 15.8 Å². The molecule has 2 heterocycles. The van der Waals surface area contributed by atoms with E-state index in [1.54, 1.807) is 12.1 Å². The molecule has 0 fully saturated rings. The van der Waals surface area contributed by atoms with Gasteiger partial charge < -0.3 is 4.98 Å². The number of primary sulfonamides is 1. The second-order valence-corrected chi connectivity index (χ2v) is 8.94. The van der Waals surface area contributed by atoms with Crippen LogP contribution in [-0.2, 0) is 15.8 Å². The van der Waals surface area contributed by atoms with Gasteiger partial charge in [0.25, 0.3) is 11.2 Å². The Labute approximate surface area is 179 Å². The molecule has 4 rings (SSSR count). The Kier molecular flexibility index (Phi) is 5.31. The van der Waals surface area contributed by atoms with Gasteiger partial charge in [0.2, 0.25) is 10.0 Å². The Hall–Kier alpha value is -3.55. The third-order valence-electron chi connectivity index (χ3n) is 4.35. The summed E-state index contributed by atoms with van der Waals surface area (Å²) in [6.07, 6.45) is 1.37. The van der Waals surface area contributed by atoms with E-state index in [1.807, 2.05) is 0 Å². The zero-order chi connectivity index (χ0) is 22.2. The highest BCUT2D eigenvalue weighted by atomic mass is 32.2. The average molecular weight is 458 g/mol. The summed E-state index contributed by atoms with van der Waals surface area (Å²) < 4.78 is 24.3. The first-order chi connectivity index (χ1) is 14.7. The number of nitrogens with one attached hydrogen (secondary N) is 1. The lowest BCUT2D eigenvalue weighted by molar-refractivity contribution is -0.384. The number of nitro groups is 1. The largest absolute Gasteiger partial charge is 0.301 e. The lowest BCUT2D eigenvalue weighted by atomic mass is 10.2. The van der Waals surface area contributed by atoms with E-state index >= 15 is 0 Å². The highest BCUT2D eigenvalue weighted by Gasteiger charge is 2.14. The number of hydrogen-bond acceptors (Lipinski definition) is 8. The zero-order valence-corrected chi connectivity index (χ0v) is 17.3. The van der Waals surface area contributed by atoms with Gasteiger partial charge in [0.05, 0.1) is 21.7 Å². The van der Waals surface area contributed by atoms with Crippen molar-refractivity contribution in [3.63, 3.8) is 0 Å². The Morgan fingerprint density at radius 1 is 1.13 bits per heavy atom. The average Bonchev–Trinajstić information content (AvgIpc) is 3.16. The Morgan fingerprint density at radius 2 is 1.81 bits per heavy atom. The van der Waals surface area contributed by atoms with Gasteiger partial charge in [-0.05, 0) is 29.8 Å². The maximum atomic E-state index is 12.4. The number of hydrogen-bond donors (Lipinski definition) is 2. The summed E-state index contributed by atoms with van der Waals surface area (Å²) in [4.78, 5) is 29.8. The summed E-state index contributed by atoms with van der Waals surface area (Å²) in [5.41, 5.74) is 1.26. The van der Waals surface area contributed by atoms with Gasteiger partial charge >= 0.3 is 0 Å². The van der Waals surface area contributed by atoms with Gasteiger partial charge in [-0.1, -0.05) is 23.9 Å². The molecule has 13 heteroatoms. The van der Waals surface area contributed by atoms with Crippen LogP contribution in [0.2, 0.25) is 0 Å². The van der Waals surface area contributed by atoms with Crippen molar-refractivity contribution < 1.29 is 13.3 Å². The number of sulfonamides is 1. The number of aromatic amines is 1. The highest BCUT2D eigenvalue weighted by Crippen LogP contribution is 2.23. The number of benzene rings is 2. The summed E-state index contributed by atoms with van der Waals surface area (Å²) in [7, 11) is -3.83. The molecule has 2 aromatic carbocycles. The minimum absolute atomic E-state index is 0.000873. The van der Waals surface area contributed by atoms with Gasteiger partial charge in [0.15, 0.2) is 10.8 Å². The van der Waals surface area contributed by atoms with Crippen LogP contribution < -0.4 is 10.7 Å². The van der Waals surface area contributed by atoms with Gasteiger partial charge in [-0.25, -0.2) is 23.2 Å². The van der Waals surface area contributed by atoms with E-state index in [-0.39, 0.29) is 21.5 Å². The van der Waals surface area contributed by atoms with E-state index in [9.17, 15) is 23.3 Å². The number of nitro benzene ring substituents is 1. The second kappa shape index (κ2) is 7.94. The minimum Gasteiger partial charge on any atom is -0.301 e. The molecule has 31 heavy (non-hydrogen) atoms. The first-order valence-electron chi connectivity index (χ1n) is 8.70. The molecule has 0 bridgehead atoms. The fourth-order valence-corrected chi connectivity index (χ4v) is 4.13. The summed E-state index contributed by atoms with van der Waals surface area (Å²) in [6.45, 7) is 0. The second-order valence-electron chi connectivity index (χ2n) is 6.42. The standard InChI is InChI=1S/C18H14N6O5S2/c19-31(28,29)14-7-5-12(6-8-14)23-16-15(9-20-23)17(25)22-18(21-16)30-10-11-1-3-13(4-2-11)24(26)27/h1-9H,10H2,(H2,19,28,29)(H,21,22,25). The number of aromatic nitrogens is 4. The number of thioether (sulfide) groups is 1. The van der Waals surface area contributed by atoms with Crippen LogP contribution in [0, 0.1) is 10.1 Å². The number of nitrogens with two attached hydrogens (primary N) is 1.